The highest BCUT2D eigenvalue weighted by Gasteiger charge is 2.32. The van der Waals surface area contributed by atoms with E-state index < -0.39 is 5.82 Å². The topological polar surface area (TPSA) is 12.0 Å². The van der Waals surface area contributed by atoms with Crippen molar-refractivity contribution in [3.8, 4) is 0 Å². The number of anilines is 1. The first-order valence-electron chi connectivity index (χ1n) is 7.02. The van der Waals surface area contributed by atoms with E-state index in [1.165, 1.54) is 24.0 Å². The highest BCUT2D eigenvalue weighted by atomic mass is 35.5. The van der Waals surface area contributed by atoms with Crippen molar-refractivity contribution in [2.45, 2.75) is 25.8 Å². The Labute approximate surface area is 134 Å². The van der Waals surface area contributed by atoms with Crippen molar-refractivity contribution >= 4 is 28.9 Å². The minimum atomic E-state index is -0.567. The molecular formula is C17H16Cl2FN. The number of benzene rings is 2. The molecule has 1 nitrogen and oxygen atoms in total. The van der Waals surface area contributed by atoms with Gasteiger partial charge in [0.2, 0.25) is 0 Å². The van der Waals surface area contributed by atoms with E-state index in [0.29, 0.717) is 5.92 Å². The molecule has 1 saturated carbocycles. The van der Waals surface area contributed by atoms with Crippen molar-refractivity contribution < 1.29 is 4.39 Å². The first-order valence-corrected chi connectivity index (χ1v) is 7.78. The molecule has 0 heterocycles. The Morgan fingerprint density at radius 2 is 1.67 bits per heavy atom. The fourth-order valence-electron chi connectivity index (χ4n) is 2.50. The third kappa shape index (κ3) is 3.33. The molecule has 4 heteroatoms. The van der Waals surface area contributed by atoms with E-state index in [1.807, 2.05) is 0 Å². The summed E-state index contributed by atoms with van der Waals surface area (Å²) in [6.07, 6.45) is 2.41. The molecule has 0 radical (unpaired) electrons. The molecule has 1 aliphatic rings. The second-order valence-electron chi connectivity index (χ2n) is 5.62. The first kappa shape index (κ1) is 14.7. The van der Waals surface area contributed by atoms with E-state index in [1.54, 1.807) is 12.1 Å². The summed E-state index contributed by atoms with van der Waals surface area (Å²) >= 11 is 11.7. The molecule has 1 fully saturated rings. The van der Waals surface area contributed by atoms with Gasteiger partial charge in [-0.15, -0.1) is 0 Å². The number of aryl methyl sites for hydroxylation is 1. The lowest BCUT2D eigenvalue weighted by Gasteiger charge is -2.21. The normalized spacial score (nSPS) is 15.8. The molecule has 110 valence electrons. The largest absolute Gasteiger partial charge is 0.378 e. The third-order valence-corrected chi connectivity index (χ3v) is 4.39. The number of nitrogens with one attached hydrogen (secondary N) is 1. The zero-order valence-corrected chi connectivity index (χ0v) is 13.2. The van der Waals surface area contributed by atoms with Gasteiger partial charge in [0, 0.05) is 5.69 Å². The summed E-state index contributed by atoms with van der Waals surface area (Å²) in [7, 11) is 0. The standard InChI is InChI=1S/C17H16Cl2FN/c1-10-2-4-11(5-3-10)17(12-6-7-12)21-13-8-14(18)16(20)15(19)9-13/h2-5,8-9,12,17,21H,6-7H2,1H3. The van der Waals surface area contributed by atoms with Gasteiger partial charge in [-0.3, -0.25) is 0 Å². The van der Waals surface area contributed by atoms with E-state index in [-0.39, 0.29) is 16.1 Å². The fourth-order valence-corrected chi connectivity index (χ4v) is 2.98. The maximum Gasteiger partial charge on any atom is 0.160 e. The Balaban J connectivity index is 1.87. The summed E-state index contributed by atoms with van der Waals surface area (Å²) in [6, 6.07) is 11.9. The molecule has 2 aromatic rings. The van der Waals surface area contributed by atoms with Crippen LogP contribution in [0.4, 0.5) is 10.1 Å². The van der Waals surface area contributed by atoms with Gasteiger partial charge in [0.15, 0.2) is 5.82 Å². The van der Waals surface area contributed by atoms with Crippen LogP contribution in [0.3, 0.4) is 0 Å². The molecule has 1 N–H and O–H groups in total. The molecule has 1 atom stereocenters. The SMILES string of the molecule is Cc1ccc(C(Nc2cc(Cl)c(F)c(Cl)c2)C2CC2)cc1. The van der Waals surface area contributed by atoms with Crippen molar-refractivity contribution in [1.82, 2.24) is 0 Å². The van der Waals surface area contributed by atoms with Crippen LogP contribution >= 0.6 is 23.2 Å². The van der Waals surface area contributed by atoms with Crippen LogP contribution in [0.15, 0.2) is 36.4 Å². The maximum absolute atomic E-state index is 13.5. The van der Waals surface area contributed by atoms with Gasteiger partial charge >= 0.3 is 0 Å². The number of hydrogen-bond acceptors (Lipinski definition) is 1. The van der Waals surface area contributed by atoms with Crippen LogP contribution in [0.1, 0.15) is 30.0 Å². The first-order chi connectivity index (χ1) is 10.0. The molecule has 1 unspecified atom stereocenters. The molecule has 1 aliphatic carbocycles. The monoisotopic (exact) mass is 323 g/mol. The lowest BCUT2D eigenvalue weighted by atomic mass is 10.0. The van der Waals surface area contributed by atoms with E-state index >= 15 is 0 Å². The van der Waals surface area contributed by atoms with Crippen molar-refractivity contribution in [3.05, 3.63) is 63.4 Å². The van der Waals surface area contributed by atoms with Crippen molar-refractivity contribution in [2.24, 2.45) is 5.92 Å². The van der Waals surface area contributed by atoms with Gasteiger partial charge in [0.05, 0.1) is 16.1 Å². The Kier molecular flexibility index (Phi) is 4.10. The van der Waals surface area contributed by atoms with Crippen LogP contribution in [-0.2, 0) is 0 Å². The second-order valence-corrected chi connectivity index (χ2v) is 6.44. The molecule has 0 amide bonds. The smallest absolute Gasteiger partial charge is 0.160 e. The van der Waals surface area contributed by atoms with Crippen molar-refractivity contribution in [1.29, 1.82) is 0 Å². The van der Waals surface area contributed by atoms with Crippen LogP contribution in [0.2, 0.25) is 10.0 Å². The van der Waals surface area contributed by atoms with Crippen LogP contribution < -0.4 is 5.32 Å². The van der Waals surface area contributed by atoms with Gasteiger partial charge in [0.25, 0.3) is 0 Å². The molecular weight excluding hydrogens is 308 g/mol. The number of rotatable bonds is 4. The molecule has 0 aromatic heterocycles. The molecule has 3 rings (SSSR count). The summed E-state index contributed by atoms with van der Waals surface area (Å²) in [5.41, 5.74) is 3.23. The highest BCUT2D eigenvalue weighted by molar-refractivity contribution is 6.35. The summed E-state index contributed by atoms with van der Waals surface area (Å²) in [6.45, 7) is 2.07. The highest BCUT2D eigenvalue weighted by Crippen LogP contribution is 2.43. The molecule has 0 aliphatic heterocycles. The van der Waals surface area contributed by atoms with E-state index in [0.717, 1.165) is 5.69 Å². The Hall–Kier alpha value is -1.25. The third-order valence-electron chi connectivity index (χ3n) is 3.84. The summed E-state index contributed by atoms with van der Waals surface area (Å²) in [4.78, 5) is 0. The molecule has 0 saturated heterocycles. The van der Waals surface area contributed by atoms with Crippen molar-refractivity contribution in [3.63, 3.8) is 0 Å². The quantitative estimate of drug-likeness (QED) is 0.680. The summed E-state index contributed by atoms with van der Waals surface area (Å²) in [5.74, 6) is 0.0394. The van der Waals surface area contributed by atoms with Gasteiger partial charge < -0.3 is 5.32 Å². The fraction of sp³-hybridized carbons (Fsp3) is 0.294. The minimum absolute atomic E-state index is 0.0449. The summed E-state index contributed by atoms with van der Waals surface area (Å²) < 4.78 is 13.5. The van der Waals surface area contributed by atoms with Gasteiger partial charge in [-0.2, -0.15) is 0 Å². The number of hydrogen-bond donors (Lipinski definition) is 1. The molecule has 0 spiro atoms. The molecule has 0 bridgehead atoms. The Morgan fingerprint density at radius 3 is 2.19 bits per heavy atom. The maximum atomic E-state index is 13.5. The van der Waals surface area contributed by atoms with Gasteiger partial charge in [0.1, 0.15) is 0 Å². The second kappa shape index (κ2) is 5.86. The van der Waals surface area contributed by atoms with Crippen LogP contribution in [0.5, 0.6) is 0 Å². The average molecular weight is 324 g/mol. The predicted octanol–water partition coefficient (Wildman–Crippen LogP) is 6.00. The minimum Gasteiger partial charge on any atom is -0.378 e. The van der Waals surface area contributed by atoms with Gasteiger partial charge in [-0.25, -0.2) is 4.39 Å². The van der Waals surface area contributed by atoms with Crippen LogP contribution in [0, 0.1) is 18.7 Å². The van der Waals surface area contributed by atoms with Gasteiger partial charge in [-0.1, -0.05) is 53.0 Å². The lowest BCUT2D eigenvalue weighted by molar-refractivity contribution is 0.628. The summed E-state index contributed by atoms with van der Waals surface area (Å²) in [5, 5.41) is 3.54. The average Bonchev–Trinajstić information content (AvgIpc) is 3.28. The van der Waals surface area contributed by atoms with E-state index in [2.05, 4.69) is 36.5 Å². The van der Waals surface area contributed by atoms with Crippen LogP contribution in [0.25, 0.3) is 0 Å². The zero-order valence-electron chi connectivity index (χ0n) is 11.7. The van der Waals surface area contributed by atoms with E-state index in [9.17, 15) is 4.39 Å². The predicted molar refractivity (Wildman–Crippen MR) is 86.7 cm³/mol. The Morgan fingerprint density at radius 1 is 1.10 bits per heavy atom. The zero-order chi connectivity index (χ0) is 15.0. The lowest BCUT2D eigenvalue weighted by Crippen LogP contribution is -2.13. The number of halogens is 3. The molecule has 2 aromatic carbocycles. The van der Waals surface area contributed by atoms with Crippen LogP contribution in [-0.4, -0.2) is 0 Å². The Bertz CT molecular complexity index is 627. The van der Waals surface area contributed by atoms with E-state index in [4.69, 9.17) is 23.2 Å². The van der Waals surface area contributed by atoms with Gasteiger partial charge in [-0.05, 0) is 43.4 Å². The molecule has 21 heavy (non-hydrogen) atoms. The van der Waals surface area contributed by atoms with Crippen molar-refractivity contribution in [2.75, 3.05) is 5.32 Å².